The molecular weight excluding hydrogens is 420 g/mol. The number of nitrogens with zero attached hydrogens (tertiary/aromatic N) is 3. The van der Waals surface area contributed by atoms with Crippen LogP contribution in [0.25, 0.3) is 11.5 Å². The highest BCUT2D eigenvalue weighted by molar-refractivity contribution is 7.88. The van der Waals surface area contributed by atoms with Crippen LogP contribution in [0, 0.1) is 12.8 Å². The van der Waals surface area contributed by atoms with E-state index in [1.54, 1.807) is 13.0 Å². The number of carbonyl (C=O) groups excluding carboxylic acids is 1. The molecule has 2 heterocycles. The Morgan fingerprint density at radius 3 is 2.65 bits per heavy atom. The lowest BCUT2D eigenvalue weighted by Crippen LogP contribution is -2.40. The molecule has 0 radical (unpaired) electrons. The Morgan fingerprint density at radius 2 is 1.97 bits per heavy atom. The highest BCUT2D eigenvalue weighted by atomic mass is 32.2. The third-order valence-electron chi connectivity index (χ3n) is 5.27. The molecule has 1 aromatic carbocycles. The molecule has 2 aromatic rings. The third kappa shape index (κ3) is 7.60. The summed E-state index contributed by atoms with van der Waals surface area (Å²) < 4.78 is 30.0. The Balaban J connectivity index is 1.37. The second-order valence-electron chi connectivity index (χ2n) is 7.81. The number of sulfonamides is 1. The Hall–Kier alpha value is -2.50. The zero-order chi connectivity index (χ0) is 22.3. The number of nitrogens with one attached hydrogen (secondary N) is 3. The molecule has 2 amide bonds. The molecule has 1 fully saturated rings. The van der Waals surface area contributed by atoms with E-state index in [0.717, 1.165) is 38.9 Å². The predicted octanol–water partition coefficient (Wildman–Crippen LogP) is 1.82. The number of hydrogen-bond donors (Lipinski definition) is 3. The van der Waals surface area contributed by atoms with Crippen LogP contribution in [0.1, 0.15) is 25.1 Å². The molecule has 1 saturated heterocycles. The number of piperidine rings is 1. The van der Waals surface area contributed by atoms with Crippen molar-refractivity contribution >= 4 is 21.7 Å². The zero-order valence-corrected chi connectivity index (χ0v) is 18.7. The molecule has 1 aliphatic rings. The molecule has 3 N–H and O–H groups in total. The van der Waals surface area contributed by atoms with Crippen molar-refractivity contribution in [2.24, 2.45) is 5.92 Å². The van der Waals surface area contributed by atoms with Gasteiger partial charge in [0.05, 0.1) is 17.5 Å². The van der Waals surface area contributed by atoms with E-state index in [1.807, 2.05) is 18.2 Å². The molecule has 0 atom stereocenters. The number of rotatable bonds is 9. The number of urea groups is 1. The van der Waals surface area contributed by atoms with Crippen LogP contribution < -0.4 is 15.4 Å². The van der Waals surface area contributed by atoms with Gasteiger partial charge in [-0.3, -0.25) is 0 Å². The Labute approximate surface area is 182 Å². The first kappa shape index (κ1) is 23.2. The van der Waals surface area contributed by atoms with Crippen LogP contribution in [-0.4, -0.2) is 68.5 Å². The summed E-state index contributed by atoms with van der Waals surface area (Å²) in [5.41, 5.74) is 1.29. The van der Waals surface area contributed by atoms with Crippen molar-refractivity contribution in [3.63, 3.8) is 0 Å². The number of aryl methyl sites for hydroxylation is 1. The lowest BCUT2D eigenvalue weighted by Gasteiger charge is -2.31. The number of carbonyl (C=O) groups is 1. The summed E-state index contributed by atoms with van der Waals surface area (Å²) in [4.78, 5) is 18.8. The molecule has 0 unspecified atom stereocenters. The number of likely N-dealkylation sites (tertiary alicyclic amines) is 1. The molecule has 10 nitrogen and oxygen atoms in total. The SMILES string of the molecule is Cc1noc(-c2ccccc2NC(=O)NCCC2CCN(CCNS(C)(=O)=O)CC2)n1. The van der Waals surface area contributed by atoms with E-state index in [9.17, 15) is 13.2 Å². The maximum Gasteiger partial charge on any atom is 0.319 e. The summed E-state index contributed by atoms with van der Waals surface area (Å²) in [5.74, 6) is 1.45. The van der Waals surface area contributed by atoms with E-state index >= 15 is 0 Å². The van der Waals surface area contributed by atoms with Crippen molar-refractivity contribution in [2.75, 3.05) is 44.3 Å². The molecule has 0 spiro atoms. The van der Waals surface area contributed by atoms with Gasteiger partial charge in [0.2, 0.25) is 10.0 Å². The van der Waals surface area contributed by atoms with E-state index in [-0.39, 0.29) is 6.03 Å². The van der Waals surface area contributed by atoms with Gasteiger partial charge in [0, 0.05) is 19.6 Å². The predicted molar refractivity (Wildman–Crippen MR) is 118 cm³/mol. The molecule has 170 valence electrons. The molecule has 1 aliphatic heterocycles. The molecule has 0 saturated carbocycles. The minimum atomic E-state index is -3.13. The second-order valence-corrected chi connectivity index (χ2v) is 9.65. The molecule has 31 heavy (non-hydrogen) atoms. The largest absolute Gasteiger partial charge is 0.338 e. The van der Waals surface area contributed by atoms with E-state index in [2.05, 4.69) is 30.4 Å². The van der Waals surface area contributed by atoms with Crippen molar-refractivity contribution in [2.45, 2.75) is 26.2 Å². The lowest BCUT2D eigenvalue weighted by molar-refractivity contribution is 0.181. The summed E-state index contributed by atoms with van der Waals surface area (Å²) in [6.07, 6.45) is 4.17. The van der Waals surface area contributed by atoms with Gasteiger partial charge in [-0.2, -0.15) is 4.98 Å². The average Bonchev–Trinajstić information content (AvgIpc) is 3.15. The standard InChI is InChI=1S/C20H30N6O4S/c1-15-23-19(30-25-15)17-5-3-4-6-18(17)24-20(27)21-10-7-16-8-12-26(13-9-16)14-11-22-31(2,28)29/h3-6,16,22H,7-14H2,1-2H3,(H2,21,24,27). The third-order valence-corrected chi connectivity index (χ3v) is 6.00. The van der Waals surface area contributed by atoms with Gasteiger partial charge in [0.25, 0.3) is 5.89 Å². The van der Waals surface area contributed by atoms with Crippen molar-refractivity contribution in [3.05, 3.63) is 30.1 Å². The number of para-hydroxylation sites is 1. The Morgan fingerprint density at radius 1 is 1.23 bits per heavy atom. The number of aromatic nitrogens is 2. The zero-order valence-electron chi connectivity index (χ0n) is 17.9. The molecule has 3 rings (SSSR count). The highest BCUT2D eigenvalue weighted by Crippen LogP contribution is 2.26. The van der Waals surface area contributed by atoms with Gasteiger partial charge < -0.3 is 20.1 Å². The summed E-state index contributed by atoms with van der Waals surface area (Å²) >= 11 is 0. The Kier molecular flexibility index (Phi) is 7.99. The number of anilines is 1. The maximum atomic E-state index is 12.3. The van der Waals surface area contributed by atoms with Gasteiger partial charge in [0.1, 0.15) is 0 Å². The highest BCUT2D eigenvalue weighted by Gasteiger charge is 2.19. The second kappa shape index (κ2) is 10.7. The minimum Gasteiger partial charge on any atom is -0.338 e. The number of amides is 2. The number of benzene rings is 1. The van der Waals surface area contributed by atoms with Crippen molar-refractivity contribution < 1.29 is 17.7 Å². The quantitative estimate of drug-likeness (QED) is 0.531. The monoisotopic (exact) mass is 450 g/mol. The molecule has 0 bridgehead atoms. The van der Waals surface area contributed by atoms with Crippen LogP contribution in [0.2, 0.25) is 0 Å². The lowest BCUT2D eigenvalue weighted by atomic mass is 9.93. The fourth-order valence-corrected chi connectivity index (χ4v) is 4.09. The van der Waals surface area contributed by atoms with Crippen LogP contribution in [0.5, 0.6) is 0 Å². The van der Waals surface area contributed by atoms with Gasteiger partial charge >= 0.3 is 6.03 Å². The smallest absolute Gasteiger partial charge is 0.319 e. The number of hydrogen-bond acceptors (Lipinski definition) is 7. The molecule has 11 heteroatoms. The van der Waals surface area contributed by atoms with Crippen molar-refractivity contribution in [1.29, 1.82) is 0 Å². The summed E-state index contributed by atoms with van der Waals surface area (Å²) in [6, 6.07) is 7.03. The van der Waals surface area contributed by atoms with E-state index in [4.69, 9.17) is 4.52 Å². The van der Waals surface area contributed by atoms with Crippen LogP contribution >= 0.6 is 0 Å². The van der Waals surface area contributed by atoms with Gasteiger partial charge in [0.15, 0.2) is 5.82 Å². The van der Waals surface area contributed by atoms with Crippen molar-refractivity contribution in [3.8, 4) is 11.5 Å². The fourth-order valence-electron chi connectivity index (χ4n) is 3.63. The van der Waals surface area contributed by atoms with Crippen LogP contribution in [-0.2, 0) is 10.0 Å². The van der Waals surface area contributed by atoms with Crippen LogP contribution in [0.4, 0.5) is 10.5 Å². The normalized spacial score (nSPS) is 15.7. The van der Waals surface area contributed by atoms with Gasteiger partial charge in [-0.25, -0.2) is 17.9 Å². The molecule has 1 aromatic heterocycles. The fraction of sp³-hybridized carbons (Fsp3) is 0.550. The molecular formula is C20H30N6O4S. The van der Waals surface area contributed by atoms with Gasteiger partial charge in [-0.05, 0) is 57.3 Å². The van der Waals surface area contributed by atoms with Gasteiger partial charge in [-0.1, -0.05) is 17.3 Å². The first-order chi connectivity index (χ1) is 14.8. The Bertz CT molecular complexity index is 970. The summed E-state index contributed by atoms with van der Waals surface area (Å²) in [5, 5.41) is 9.57. The molecule has 0 aliphatic carbocycles. The average molecular weight is 451 g/mol. The summed E-state index contributed by atoms with van der Waals surface area (Å²) in [7, 11) is -3.13. The van der Waals surface area contributed by atoms with E-state index < -0.39 is 10.0 Å². The summed E-state index contributed by atoms with van der Waals surface area (Å²) in [6.45, 7) is 5.38. The van der Waals surface area contributed by atoms with Crippen LogP contribution in [0.3, 0.4) is 0 Å². The minimum absolute atomic E-state index is 0.270. The van der Waals surface area contributed by atoms with E-state index in [0.29, 0.717) is 42.0 Å². The first-order valence-electron chi connectivity index (χ1n) is 10.4. The van der Waals surface area contributed by atoms with E-state index in [1.165, 1.54) is 6.26 Å². The maximum absolute atomic E-state index is 12.3. The first-order valence-corrected chi connectivity index (χ1v) is 12.3. The van der Waals surface area contributed by atoms with Crippen molar-refractivity contribution in [1.82, 2.24) is 25.1 Å². The topological polar surface area (TPSA) is 129 Å². The van der Waals surface area contributed by atoms with Gasteiger partial charge in [-0.15, -0.1) is 0 Å². The van der Waals surface area contributed by atoms with Crippen LogP contribution in [0.15, 0.2) is 28.8 Å².